The first-order valence-electron chi connectivity index (χ1n) is 13.1. The van der Waals surface area contributed by atoms with Crippen LogP contribution in [0.1, 0.15) is 37.5 Å². The van der Waals surface area contributed by atoms with Crippen LogP contribution in [0.15, 0.2) is 72.8 Å². The highest BCUT2D eigenvalue weighted by Gasteiger charge is 2.37. The van der Waals surface area contributed by atoms with E-state index in [9.17, 15) is 35.6 Å². The molecule has 0 spiro atoms. The van der Waals surface area contributed by atoms with Crippen LogP contribution in [0.25, 0.3) is 0 Å². The molecule has 0 fully saturated rings. The predicted octanol–water partition coefficient (Wildman–Crippen LogP) is 5.82. The number of halogens is 5. The van der Waals surface area contributed by atoms with E-state index in [4.69, 9.17) is 11.6 Å². The van der Waals surface area contributed by atoms with Gasteiger partial charge in [-0.25, -0.2) is 12.8 Å². The summed E-state index contributed by atoms with van der Waals surface area (Å²) in [5.74, 6) is -1.94. The summed E-state index contributed by atoms with van der Waals surface area (Å²) in [7, 11) is -4.31. The van der Waals surface area contributed by atoms with Crippen molar-refractivity contribution in [2.24, 2.45) is 0 Å². The molecule has 7 nitrogen and oxygen atoms in total. The van der Waals surface area contributed by atoms with Crippen molar-refractivity contribution in [2.75, 3.05) is 17.1 Å². The number of carbonyl (C=O) groups is 2. The van der Waals surface area contributed by atoms with Gasteiger partial charge in [-0.3, -0.25) is 13.9 Å². The number of benzene rings is 3. The number of nitrogens with one attached hydrogen (secondary N) is 1. The average Bonchev–Trinajstić information content (AvgIpc) is 2.89. The minimum Gasteiger partial charge on any atom is -0.350 e. The number of hydrogen-bond acceptors (Lipinski definition) is 4. The van der Waals surface area contributed by atoms with Crippen LogP contribution >= 0.6 is 11.6 Å². The Bertz CT molecular complexity index is 1540. The first kappa shape index (κ1) is 33.9. The summed E-state index contributed by atoms with van der Waals surface area (Å²) in [6.07, 6.45) is -4.10. The first-order chi connectivity index (χ1) is 19.8. The lowest BCUT2D eigenvalue weighted by Gasteiger charge is -2.35. The summed E-state index contributed by atoms with van der Waals surface area (Å²) < 4.78 is 80.6. The third-order valence-electron chi connectivity index (χ3n) is 6.26. The van der Waals surface area contributed by atoms with Crippen molar-refractivity contribution in [1.82, 2.24) is 10.2 Å². The van der Waals surface area contributed by atoms with Gasteiger partial charge in [-0.05, 0) is 62.2 Å². The number of amides is 2. The normalized spacial score (nSPS) is 12.9. The lowest BCUT2D eigenvalue weighted by Crippen LogP contribution is -2.56. The Morgan fingerprint density at radius 2 is 1.53 bits per heavy atom. The molecule has 43 heavy (non-hydrogen) atoms. The van der Waals surface area contributed by atoms with Crippen LogP contribution in [0.2, 0.25) is 5.02 Å². The summed E-state index contributed by atoms with van der Waals surface area (Å²) in [5, 5.41) is 2.21. The van der Waals surface area contributed by atoms with Gasteiger partial charge in [0, 0.05) is 18.5 Å². The Labute approximate surface area is 253 Å². The van der Waals surface area contributed by atoms with Crippen LogP contribution < -0.4 is 9.62 Å². The van der Waals surface area contributed by atoms with Crippen molar-refractivity contribution in [2.45, 2.75) is 51.5 Å². The third-order valence-corrected chi connectivity index (χ3v) is 7.73. The number of hydrogen-bond donors (Lipinski definition) is 1. The molecule has 0 heterocycles. The van der Waals surface area contributed by atoms with E-state index >= 15 is 0 Å². The second-order valence-electron chi connectivity index (χ2n) is 11.0. The van der Waals surface area contributed by atoms with Crippen molar-refractivity contribution in [1.29, 1.82) is 0 Å². The lowest BCUT2D eigenvalue weighted by atomic mass is 10.0. The van der Waals surface area contributed by atoms with Crippen LogP contribution in [0.4, 0.5) is 23.2 Å². The summed E-state index contributed by atoms with van der Waals surface area (Å²) in [4.78, 5) is 28.8. The number of carbonyl (C=O) groups excluding carboxylic acids is 2. The highest BCUT2D eigenvalue weighted by Crippen LogP contribution is 2.37. The van der Waals surface area contributed by atoms with Crippen molar-refractivity contribution < 1.29 is 35.6 Å². The first-order valence-corrected chi connectivity index (χ1v) is 15.3. The van der Waals surface area contributed by atoms with Crippen LogP contribution in [0, 0.1) is 5.82 Å². The Balaban J connectivity index is 2.11. The number of alkyl halides is 3. The minimum atomic E-state index is -4.89. The Kier molecular flexibility index (Phi) is 10.5. The largest absolute Gasteiger partial charge is 0.417 e. The minimum absolute atomic E-state index is 0.0354. The fourth-order valence-corrected chi connectivity index (χ4v) is 5.36. The quantitative estimate of drug-likeness (QED) is 0.283. The monoisotopic (exact) mass is 641 g/mol. The molecule has 3 aromatic rings. The molecule has 0 aromatic heterocycles. The molecule has 0 aliphatic heterocycles. The van der Waals surface area contributed by atoms with Gasteiger partial charge in [0.25, 0.3) is 0 Å². The molecule has 1 N–H and O–H groups in total. The number of nitrogens with zero attached hydrogens (tertiary/aromatic N) is 2. The highest BCUT2D eigenvalue weighted by molar-refractivity contribution is 7.92. The van der Waals surface area contributed by atoms with Gasteiger partial charge in [0.1, 0.15) is 18.4 Å². The van der Waals surface area contributed by atoms with Crippen LogP contribution in [0.5, 0.6) is 0 Å². The van der Waals surface area contributed by atoms with Gasteiger partial charge in [-0.1, -0.05) is 54.1 Å². The van der Waals surface area contributed by atoms with Crippen LogP contribution in [-0.4, -0.2) is 49.5 Å². The Hall–Kier alpha value is -3.64. The fourth-order valence-electron chi connectivity index (χ4n) is 4.29. The highest BCUT2D eigenvalue weighted by atomic mass is 35.5. The molecule has 2 amide bonds. The fraction of sp³-hybridized carbons (Fsp3) is 0.333. The summed E-state index contributed by atoms with van der Waals surface area (Å²) >= 11 is 5.73. The SMILES string of the molecule is CC(C)(C)NC(=O)[C@@H](Cc1ccccc1)N(Cc1ccc(F)cc1)C(=O)CN(c1ccc(Cl)c(C(F)(F)F)c1)S(C)(=O)=O. The molecule has 0 aliphatic carbocycles. The van der Waals surface area contributed by atoms with E-state index in [1.807, 2.05) is 0 Å². The van der Waals surface area contributed by atoms with E-state index < -0.39 is 68.2 Å². The molecule has 0 unspecified atom stereocenters. The summed E-state index contributed by atoms with van der Waals surface area (Å²) in [5.41, 5.74) is -1.28. The smallest absolute Gasteiger partial charge is 0.350 e. The molecule has 0 aliphatic rings. The van der Waals surface area contributed by atoms with Gasteiger partial charge < -0.3 is 10.2 Å². The molecule has 232 valence electrons. The zero-order chi connectivity index (χ0) is 32.2. The maximum Gasteiger partial charge on any atom is 0.417 e. The van der Waals surface area contributed by atoms with Gasteiger partial charge in [0.2, 0.25) is 21.8 Å². The molecule has 3 aromatic carbocycles. The summed E-state index contributed by atoms with van der Waals surface area (Å²) in [6.45, 7) is 4.11. The van der Waals surface area contributed by atoms with Crippen molar-refractivity contribution in [3.63, 3.8) is 0 Å². The molecule has 1 atom stereocenters. The Morgan fingerprint density at radius 1 is 0.930 bits per heavy atom. The van der Waals surface area contributed by atoms with E-state index in [2.05, 4.69) is 5.32 Å². The zero-order valence-corrected chi connectivity index (χ0v) is 25.5. The van der Waals surface area contributed by atoms with Gasteiger partial charge in [-0.2, -0.15) is 13.2 Å². The van der Waals surface area contributed by atoms with Gasteiger partial charge in [0.15, 0.2) is 0 Å². The molecule has 0 saturated heterocycles. The topological polar surface area (TPSA) is 86.8 Å². The van der Waals surface area contributed by atoms with Crippen molar-refractivity contribution in [3.05, 3.63) is 100 Å². The lowest BCUT2D eigenvalue weighted by molar-refractivity contribution is -0.140. The molecule has 0 bridgehead atoms. The standard InChI is InChI=1S/C30H32ClF4N3O4S/c1-29(2,3)36-28(40)26(16-20-8-6-5-7-9-20)37(18-21-10-12-22(32)13-11-21)27(39)19-38(43(4,41)42)23-14-15-25(31)24(17-23)30(33,34)35/h5-15,17,26H,16,18-19H2,1-4H3,(H,36,40)/t26-/m1/s1. The second-order valence-corrected chi connectivity index (χ2v) is 13.3. The van der Waals surface area contributed by atoms with E-state index in [0.29, 0.717) is 21.5 Å². The number of sulfonamides is 1. The van der Waals surface area contributed by atoms with Crippen LogP contribution in [0.3, 0.4) is 0 Å². The molecule has 3 rings (SSSR count). The van der Waals surface area contributed by atoms with E-state index in [-0.39, 0.29) is 13.0 Å². The van der Waals surface area contributed by atoms with E-state index in [1.165, 1.54) is 24.3 Å². The molecular weight excluding hydrogens is 610 g/mol. The molecule has 0 radical (unpaired) electrons. The maximum absolute atomic E-state index is 14.0. The molecule has 0 saturated carbocycles. The van der Waals surface area contributed by atoms with Gasteiger partial charge >= 0.3 is 6.18 Å². The predicted molar refractivity (Wildman–Crippen MR) is 157 cm³/mol. The molecule has 13 heteroatoms. The van der Waals surface area contributed by atoms with Gasteiger partial charge in [0.05, 0.1) is 22.5 Å². The zero-order valence-electron chi connectivity index (χ0n) is 24.0. The van der Waals surface area contributed by atoms with E-state index in [1.54, 1.807) is 51.1 Å². The second kappa shape index (κ2) is 13.3. The molecular formula is C30H32ClF4N3O4S. The van der Waals surface area contributed by atoms with Crippen LogP contribution in [-0.2, 0) is 38.8 Å². The Morgan fingerprint density at radius 3 is 2.07 bits per heavy atom. The van der Waals surface area contributed by atoms with Crippen molar-refractivity contribution in [3.8, 4) is 0 Å². The number of anilines is 1. The third kappa shape index (κ3) is 9.69. The average molecular weight is 642 g/mol. The number of rotatable bonds is 10. The van der Waals surface area contributed by atoms with Gasteiger partial charge in [-0.15, -0.1) is 0 Å². The van der Waals surface area contributed by atoms with E-state index in [0.717, 1.165) is 23.3 Å². The maximum atomic E-state index is 14.0. The summed E-state index contributed by atoms with van der Waals surface area (Å²) in [6, 6.07) is 15.3. The van der Waals surface area contributed by atoms with Crippen molar-refractivity contribution >= 4 is 39.1 Å².